The van der Waals surface area contributed by atoms with Crippen LogP contribution in [0.1, 0.15) is 26.5 Å². The van der Waals surface area contributed by atoms with E-state index in [1.807, 2.05) is 48.5 Å². The number of carbonyl (C=O) groups is 2. The summed E-state index contributed by atoms with van der Waals surface area (Å²) in [6.45, 7) is 1.79. The third-order valence-corrected chi connectivity index (χ3v) is 5.98. The first-order valence-electron chi connectivity index (χ1n) is 11.5. The number of hydrogen-bond donors (Lipinski definition) is 2. The van der Waals surface area contributed by atoms with Gasteiger partial charge >= 0.3 is 5.91 Å². The molecule has 2 N–H and O–H groups in total. The highest BCUT2D eigenvalue weighted by molar-refractivity contribution is 6.03. The summed E-state index contributed by atoms with van der Waals surface area (Å²) in [6.07, 6.45) is 1.61. The van der Waals surface area contributed by atoms with Gasteiger partial charge in [0.25, 0.3) is 5.91 Å². The zero-order chi connectivity index (χ0) is 25.9. The van der Waals surface area contributed by atoms with Gasteiger partial charge in [-0.1, -0.05) is 36.4 Å². The molecule has 0 aliphatic rings. The summed E-state index contributed by atoms with van der Waals surface area (Å²) in [5.41, 5.74) is 8.27. The number of furan rings is 1. The molecule has 0 bridgehead atoms. The smallest absolute Gasteiger partial charge is 0.305 e. The van der Waals surface area contributed by atoms with Crippen LogP contribution < -0.4 is 20.3 Å². The van der Waals surface area contributed by atoms with Gasteiger partial charge in [0.15, 0.2) is 17.3 Å². The van der Waals surface area contributed by atoms with Crippen LogP contribution in [0.15, 0.2) is 83.4 Å². The minimum atomic E-state index is -0.565. The normalized spacial score (nSPS) is 10.8. The van der Waals surface area contributed by atoms with Crippen LogP contribution in [0.25, 0.3) is 27.9 Å². The highest BCUT2D eigenvalue weighted by atomic mass is 16.5. The third-order valence-electron chi connectivity index (χ3n) is 5.98. The minimum absolute atomic E-state index is 0.126. The fourth-order valence-electron chi connectivity index (χ4n) is 4.08. The van der Waals surface area contributed by atoms with Gasteiger partial charge in [0.05, 0.1) is 25.5 Å². The summed E-state index contributed by atoms with van der Waals surface area (Å²) in [4.78, 5) is 26.1. The van der Waals surface area contributed by atoms with Crippen molar-refractivity contribution < 1.29 is 23.5 Å². The Bertz CT molecular complexity index is 1600. The first kappa shape index (κ1) is 23.7. The molecule has 9 nitrogen and oxygen atoms in total. The number of hydrogen-bond acceptors (Lipinski definition) is 6. The average molecular weight is 497 g/mol. The van der Waals surface area contributed by atoms with Crippen LogP contribution in [0, 0.1) is 6.92 Å². The summed E-state index contributed by atoms with van der Waals surface area (Å²) in [6, 6.07) is 22.0. The number of rotatable bonds is 6. The Labute approximate surface area is 212 Å². The summed E-state index contributed by atoms with van der Waals surface area (Å²) < 4.78 is 18.1. The Hall–Kier alpha value is -5.05. The van der Waals surface area contributed by atoms with E-state index in [4.69, 9.17) is 13.9 Å². The number of ether oxygens (including phenoxy) is 2. The molecule has 5 aromatic rings. The molecule has 3 aromatic carbocycles. The molecule has 0 saturated carbocycles. The fraction of sp³-hybridized carbons (Fsp3) is 0.107. The molecule has 5 rings (SSSR count). The van der Waals surface area contributed by atoms with Gasteiger partial charge < -0.3 is 13.9 Å². The molecule has 186 valence electrons. The van der Waals surface area contributed by atoms with E-state index in [1.54, 1.807) is 49.2 Å². The summed E-state index contributed by atoms with van der Waals surface area (Å²) in [5, 5.41) is 5.49. The van der Waals surface area contributed by atoms with Gasteiger partial charge in [0.2, 0.25) is 0 Å². The van der Waals surface area contributed by atoms with Crippen molar-refractivity contribution in [1.82, 2.24) is 20.6 Å². The molecule has 0 saturated heterocycles. The van der Waals surface area contributed by atoms with Gasteiger partial charge in [-0.05, 0) is 43.3 Å². The summed E-state index contributed by atoms with van der Waals surface area (Å²) in [5.74, 6) is 0.0586. The molecule has 0 spiro atoms. The van der Waals surface area contributed by atoms with E-state index < -0.39 is 11.8 Å². The second-order valence-electron chi connectivity index (χ2n) is 8.20. The largest absolute Gasteiger partial charge is 0.493 e. The lowest BCUT2D eigenvalue weighted by atomic mass is 10.1. The van der Waals surface area contributed by atoms with Gasteiger partial charge in [-0.25, -0.2) is 4.68 Å². The van der Waals surface area contributed by atoms with Crippen LogP contribution in [0.2, 0.25) is 0 Å². The summed E-state index contributed by atoms with van der Waals surface area (Å²) >= 11 is 0. The van der Waals surface area contributed by atoms with Gasteiger partial charge in [-0.15, -0.1) is 0 Å². The molecule has 2 aromatic heterocycles. The van der Waals surface area contributed by atoms with Crippen molar-refractivity contribution in [1.29, 1.82) is 0 Å². The van der Waals surface area contributed by atoms with Crippen molar-refractivity contribution in [2.45, 2.75) is 6.92 Å². The van der Waals surface area contributed by atoms with Gasteiger partial charge in [-0.3, -0.25) is 20.4 Å². The Kier molecular flexibility index (Phi) is 6.34. The number of amides is 2. The topological polar surface area (TPSA) is 108 Å². The molecule has 0 atom stereocenters. The van der Waals surface area contributed by atoms with E-state index in [0.717, 1.165) is 11.1 Å². The van der Waals surface area contributed by atoms with Gasteiger partial charge in [-0.2, -0.15) is 5.10 Å². The molecule has 9 heteroatoms. The second-order valence-corrected chi connectivity index (χ2v) is 8.20. The predicted molar refractivity (Wildman–Crippen MR) is 138 cm³/mol. The molecule has 0 aliphatic carbocycles. The maximum absolute atomic E-state index is 13.3. The molecule has 2 heterocycles. The molecule has 0 radical (unpaired) electrons. The van der Waals surface area contributed by atoms with Crippen molar-refractivity contribution in [2.24, 2.45) is 0 Å². The minimum Gasteiger partial charge on any atom is -0.493 e. The van der Waals surface area contributed by atoms with Crippen molar-refractivity contribution in [3.63, 3.8) is 0 Å². The van der Waals surface area contributed by atoms with Crippen molar-refractivity contribution in [2.75, 3.05) is 14.2 Å². The standard InChI is InChI=1S/C28H24N4O5/c1-17-20-11-7-8-12-22(20)37-26(17)28(34)30-29-27(33)21-16-32(19-9-5-4-6-10-19)31-25(21)18-13-14-23(35-2)24(15-18)36-3/h4-16H,1-3H3,(H,29,33)(H,30,34). The Morgan fingerprint density at radius 1 is 0.865 bits per heavy atom. The van der Waals surface area contributed by atoms with E-state index in [0.29, 0.717) is 33.9 Å². The number of hydrazine groups is 1. The van der Waals surface area contributed by atoms with Crippen LogP contribution in [0.3, 0.4) is 0 Å². The van der Waals surface area contributed by atoms with E-state index in [-0.39, 0.29) is 11.3 Å². The summed E-state index contributed by atoms with van der Waals surface area (Å²) in [7, 11) is 3.08. The van der Waals surface area contributed by atoms with Gasteiger partial charge in [0, 0.05) is 22.7 Å². The Morgan fingerprint density at radius 2 is 1.57 bits per heavy atom. The van der Waals surface area contributed by atoms with Crippen molar-refractivity contribution in [3.05, 3.63) is 95.9 Å². The lowest BCUT2D eigenvalue weighted by Crippen LogP contribution is -2.41. The highest BCUT2D eigenvalue weighted by Crippen LogP contribution is 2.33. The average Bonchev–Trinajstić information content (AvgIpc) is 3.54. The number of fused-ring (bicyclic) bond motifs is 1. The maximum Gasteiger partial charge on any atom is 0.305 e. The van der Waals surface area contributed by atoms with Crippen molar-refractivity contribution in [3.8, 4) is 28.4 Å². The number of para-hydroxylation sites is 2. The third kappa shape index (κ3) is 4.50. The van der Waals surface area contributed by atoms with Crippen LogP contribution in [-0.4, -0.2) is 35.8 Å². The SMILES string of the molecule is COc1ccc(-c2nn(-c3ccccc3)cc2C(=O)NNC(=O)c2oc3ccccc3c2C)cc1OC. The number of methoxy groups -OCH3 is 2. The number of nitrogens with zero attached hydrogens (tertiary/aromatic N) is 2. The quantitative estimate of drug-likeness (QED) is 0.331. The number of carbonyl (C=O) groups excluding carboxylic acids is 2. The molecule has 37 heavy (non-hydrogen) atoms. The first-order chi connectivity index (χ1) is 18.0. The Morgan fingerprint density at radius 3 is 2.30 bits per heavy atom. The first-order valence-corrected chi connectivity index (χ1v) is 11.5. The monoisotopic (exact) mass is 496 g/mol. The molecule has 2 amide bonds. The van der Waals surface area contributed by atoms with Gasteiger partial charge in [0.1, 0.15) is 11.3 Å². The number of aryl methyl sites for hydroxylation is 1. The second kappa shape index (κ2) is 9.90. The zero-order valence-corrected chi connectivity index (χ0v) is 20.4. The number of aromatic nitrogens is 2. The predicted octanol–water partition coefficient (Wildman–Crippen LogP) is 4.69. The number of benzene rings is 3. The van der Waals surface area contributed by atoms with Crippen LogP contribution in [0.5, 0.6) is 11.5 Å². The Balaban J connectivity index is 1.46. The van der Waals surface area contributed by atoms with E-state index in [9.17, 15) is 9.59 Å². The molecule has 0 fully saturated rings. The number of nitrogens with one attached hydrogen (secondary N) is 2. The molecular formula is C28H24N4O5. The van der Waals surface area contributed by atoms with Crippen molar-refractivity contribution >= 4 is 22.8 Å². The van der Waals surface area contributed by atoms with Crippen LogP contribution >= 0.6 is 0 Å². The van der Waals surface area contributed by atoms with E-state index >= 15 is 0 Å². The zero-order valence-electron chi connectivity index (χ0n) is 20.4. The lowest BCUT2D eigenvalue weighted by molar-refractivity contribution is 0.0832. The van der Waals surface area contributed by atoms with E-state index in [1.165, 1.54) is 7.11 Å². The molecular weight excluding hydrogens is 472 g/mol. The highest BCUT2D eigenvalue weighted by Gasteiger charge is 2.22. The van der Waals surface area contributed by atoms with E-state index in [2.05, 4.69) is 16.0 Å². The van der Waals surface area contributed by atoms with Crippen LogP contribution in [0.4, 0.5) is 0 Å². The fourth-order valence-corrected chi connectivity index (χ4v) is 4.08. The molecule has 0 aliphatic heterocycles. The maximum atomic E-state index is 13.3. The molecule has 0 unspecified atom stereocenters. The van der Waals surface area contributed by atoms with Crippen LogP contribution in [-0.2, 0) is 0 Å². The lowest BCUT2D eigenvalue weighted by Gasteiger charge is -2.10.